The van der Waals surface area contributed by atoms with Gasteiger partial charge in [0, 0.05) is 18.0 Å². The van der Waals surface area contributed by atoms with Gasteiger partial charge in [0.2, 0.25) is 11.8 Å². The minimum absolute atomic E-state index is 0.254. The Hall–Kier alpha value is -3.24. The molecule has 1 aliphatic heterocycles. The van der Waals surface area contributed by atoms with E-state index < -0.39 is 0 Å². The van der Waals surface area contributed by atoms with Crippen molar-refractivity contribution in [3.63, 3.8) is 0 Å². The second kappa shape index (κ2) is 8.12. The van der Waals surface area contributed by atoms with E-state index in [1.807, 2.05) is 12.1 Å². The first-order chi connectivity index (χ1) is 15.1. The summed E-state index contributed by atoms with van der Waals surface area (Å²) in [6, 6.07) is 15.6. The fourth-order valence-electron chi connectivity index (χ4n) is 4.53. The second-order valence-electron chi connectivity index (χ2n) is 8.40. The lowest BCUT2D eigenvalue weighted by Gasteiger charge is -2.32. The highest BCUT2D eigenvalue weighted by atomic mass is 19.1. The number of halogens is 1. The van der Waals surface area contributed by atoms with Crippen molar-refractivity contribution in [1.29, 1.82) is 5.26 Å². The van der Waals surface area contributed by atoms with E-state index in [-0.39, 0.29) is 11.2 Å². The average molecular weight is 418 g/mol. The summed E-state index contributed by atoms with van der Waals surface area (Å²) in [6.45, 7) is 3.50. The summed E-state index contributed by atoms with van der Waals surface area (Å²) in [5.74, 6) is 1.78. The summed E-state index contributed by atoms with van der Waals surface area (Å²) in [4.78, 5) is 2.42. The number of rotatable bonds is 6. The van der Waals surface area contributed by atoms with Crippen LogP contribution in [-0.2, 0) is 0 Å². The van der Waals surface area contributed by atoms with Gasteiger partial charge in [0.25, 0.3) is 0 Å². The summed E-state index contributed by atoms with van der Waals surface area (Å²) >= 11 is 0. The first kappa shape index (κ1) is 19.7. The molecule has 0 N–H and O–H groups in total. The molecule has 0 bridgehead atoms. The normalized spacial score (nSPS) is 19.8. The van der Waals surface area contributed by atoms with E-state index >= 15 is 0 Å². The van der Waals surface area contributed by atoms with Crippen LogP contribution in [-0.4, -0.2) is 41.3 Å². The van der Waals surface area contributed by atoms with Crippen LogP contribution in [0.15, 0.2) is 52.9 Å². The Morgan fingerprint density at radius 2 is 2.00 bits per heavy atom. The molecule has 31 heavy (non-hydrogen) atoms. The third-order valence-corrected chi connectivity index (χ3v) is 6.49. The van der Waals surface area contributed by atoms with Gasteiger partial charge in [-0.3, -0.25) is 4.90 Å². The summed E-state index contributed by atoms with van der Waals surface area (Å²) in [5, 5.41) is 17.4. The van der Waals surface area contributed by atoms with Crippen LogP contribution in [0.3, 0.4) is 0 Å². The van der Waals surface area contributed by atoms with Crippen LogP contribution in [0, 0.1) is 22.6 Å². The van der Waals surface area contributed by atoms with E-state index in [2.05, 4.69) is 21.2 Å². The zero-order chi connectivity index (χ0) is 21.3. The van der Waals surface area contributed by atoms with Crippen LogP contribution in [0.5, 0.6) is 5.75 Å². The molecule has 2 aliphatic rings. The van der Waals surface area contributed by atoms with Gasteiger partial charge in [0.1, 0.15) is 18.2 Å². The Bertz CT molecular complexity index is 1110. The lowest BCUT2D eigenvalue weighted by Crippen LogP contribution is -2.37. The molecule has 1 aromatic heterocycles. The highest BCUT2D eigenvalue weighted by Crippen LogP contribution is 2.64. The van der Waals surface area contributed by atoms with Crippen LogP contribution in [0.25, 0.3) is 11.5 Å². The summed E-state index contributed by atoms with van der Waals surface area (Å²) in [5.41, 5.74) is 1.48. The molecule has 1 atom stereocenters. The second-order valence-corrected chi connectivity index (χ2v) is 8.40. The number of ether oxygens (including phenoxy) is 1. The molecule has 1 aliphatic carbocycles. The van der Waals surface area contributed by atoms with Gasteiger partial charge < -0.3 is 9.15 Å². The Kier molecular flexibility index (Phi) is 5.16. The van der Waals surface area contributed by atoms with Crippen molar-refractivity contribution in [1.82, 2.24) is 15.1 Å². The highest BCUT2D eigenvalue weighted by Gasteiger charge is 2.58. The molecule has 7 heteroatoms. The van der Waals surface area contributed by atoms with E-state index in [4.69, 9.17) is 14.4 Å². The number of nitrogens with zero attached hydrogens (tertiary/aromatic N) is 4. The summed E-state index contributed by atoms with van der Waals surface area (Å²) < 4.78 is 25.2. The summed E-state index contributed by atoms with van der Waals surface area (Å²) in [6.07, 6.45) is 3.27. The van der Waals surface area contributed by atoms with Crippen molar-refractivity contribution >= 4 is 0 Å². The monoisotopic (exact) mass is 418 g/mol. The highest BCUT2D eigenvalue weighted by molar-refractivity contribution is 5.52. The fraction of sp³-hybridized carbons (Fsp3) is 0.375. The van der Waals surface area contributed by atoms with Crippen LogP contribution >= 0.6 is 0 Å². The van der Waals surface area contributed by atoms with Gasteiger partial charge in [-0.05, 0) is 74.2 Å². The lowest BCUT2D eigenvalue weighted by atomic mass is 9.91. The topological polar surface area (TPSA) is 75.2 Å². The third-order valence-electron chi connectivity index (χ3n) is 6.49. The van der Waals surface area contributed by atoms with Crippen LogP contribution in [0.2, 0.25) is 0 Å². The van der Waals surface area contributed by atoms with Crippen molar-refractivity contribution in [2.24, 2.45) is 5.41 Å². The maximum Gasteiger partial charge on any atom is 0.247 e. The Balaban J connectivity index is 1.12. The molecule has 0 radical (unpaired) electrons. The minimum atomic E-state index is -0.311. The number of benzene rings is 2. The van der Waals surface area contributed by atoms with Gasteiger partial charge in [-0.2, -0.15) is 5.26 Å². The molecule has 2 heterocycles. The molecule has 0 unspecified atom stereocenters. The Labute approximate surface area is 180 Å². The van der Waals surface area contributed by atoms with Gasteiger partial charge in [0.05, 0.1) is 11.6 Å². The van der Waals surface area contributed by atoms with Gasteiger partial charge in [-0.1, -0.05) is 12.1 Å². The maximum absolute atomic E-state index is 13.5. The minimum Gasteiger partial charge on any atom is -0.492 e. The fourth-order valence-corrected chi connectivity index (χ4v) is 4.53. The molecule has 3 aromatic rings. The molecule has 6 nitrogen and oxygen atoms in total. The predicted molar refractivity (Wildman–Crippen MR) is 112 cm³/mol. The van der Waals surface area contributed by atoms with Crippen LogP contribution in [0.1, 0.15) is 36.6 Å². The molecule has 1 saturated carbocycles. The number of likely N-dealkylation sites (tertiary alicyclic amines) is 1. The van der Waals surface area contributed by atoms with Gasteiger partial charge >= 0.3 is 0 Å². The maximum atomic E-state index is 13.5. The zero-order valence-electron chi connectivity index (χ0n) is 17.1. The largest absolute Gasteiger partial charge is 0.492 e. The molecule has 5 rings (SSSR count). The SMILES string of the molecule is N#Cc1cccc(OCCN2CCC3(CC2)C[C@H]3c2nnc(-c3cccc(F)c3)o2)c1. The predicted octanol–water partition coefficient (Wildman–Crippen LogP) is 4.40. The number of hydrogen-bond donors (Lipinski definition) is 0. The molecule has 2 aromatic carbocycles. The molecular formula is C24H23FN4O2. The Morgan fingerprint density at radius 1 is 1.16 bits per heavy atom. The smallest absolute Gasteiger partial charge is 0.247 e. The quantitative estimate of drug-likeness (QED) is 0.591. The van der Waals surface area contributed by atoms with Crippen molar-refractivity contribution in [3.8, 4) is 23.3 Å². The van der Waals surface area contributed by atoms with E-state index in [1.54, 1.807) is 24.3 Å². The zero-order valence-corrected chi connectivity index (χ0v) is 17.1. The number of aromatic nitrogens is 2. The van der Waals surface area contributed by atoms with E-state index in [1.165, 1.54) is 12.1 Å². The number of nitriles is 1. The first-order valence-electron chi connectivity index (χ1n) is 10.6. The molecule has 1 saturated heterocycles. The van der Waals surface area contributed by atoms with E-state index in [9.17, 15) is 4.39 Å². The molecule has 158 valence electrons. The van der Waals surface area contributed by atoms with Gasteiger partial charge in [-0.15, -0.1) is 10.2 Å². The average Bonchev–Trinajstić information content (AvgIpc) is 3.26. The van der Waals surface area contributed by atoms with E-state index in [0.717, 1.165) is 44.6 Å². The van der Waals surface area contributed by atoms with E-state index in [0.29, 0.717) is 35.4 Å². The van der Waals surface area contributed by atoms with Crippen molar-refractivity contribution in [2.75, 3.05) is 26.2 Å². The first-order valence-corrected chi connectivity index (χ1v) is 10.6. The standard InChI is InChI=1S/C24H23FN4O2/c25-19-5-2-4-18(14-19)22-27-28-23(31-22)21-15-24(21)7-9-29(10-8-24)11-12-30-20-6-1-3-17(13-20)16-26/h1-6,13-14,21H,7-12,15H2/t21-/m0/s1. The lowest BCUT2D eigenvalue weighted by molar-refractivity contribution is 0.142. The molecule has 1 spiro atoms. The van der Waals surface area contributed by atoms with Gasteiger partial charge in [0.15, 0.2) is 0 Å². The number of piperidine rings is 1. The van der Waals surface area contributed by atoms with Crippen molar-refractivity contribution in [2.45, 2.75) is 25.2 Å². The van der Waals surface area contributed by atoms with Gasteiger partial charge in [-0.25, -0.2) is 4.39 Å². The van der Waals surface area contributed by atoms with Crippen LogP contribution < -0.4 is 4.74 Å². The Morgan fingerprint density at radius 3 is 2.81 bits per heavy atom. The molecule has 0 amide bonds. The summed E-state index contributed by atoms with van der Waals surface area (Å²) in [7, 11) is 0. The molecular weight excluding hydrogens is 395 g/mol. The van der Waals surface area contributed by atoms with Crippen molar-refractivity contribution < 1.29 is 13.5 Å². The third kappa shape index (κ3) is 4.17. The number of hydrogen-bond acceptors (Lipinski definition) is 6. The molecule has 2 fully saturated rings. The van der Waals surface area contributed by atoms with Crippen molar-refractivity contribution in [3.05, 3.63) is 65.8 Å². The van der Waals surface area contributed by atoms with Crippen LogP contribution in [0.4, 0.5) is 4.39 Å².